The van der Waals surface area contributed by atoms with Gasteiger partial charge in [0.2, 0.25) is 12.7 Å². The maximum atomic E-state index is 13.0. The number of rotatable bonds is 5. The summed E-state index contributed by atoms with van der Waals surface area (Å²) < 4.78 is 27.0. The first-order valence-electron chi connectivity index (χ1n) is 9.88. The van der Waals surface area contributed by atoms with Gasteiger partial charge in [-0.1, -0.05) is 6.07 Å². The number of esters is 1. The van der Waals surface area contributed by atoms with Crippen molar-refractivity contribution in [2.75, 3.05) is 34.0 Å². The van der Waals surface area contributed by atoms with Crippen LogP contribution >= 0.6 is 11.6 Å². The Morgan fingerprint density at radius 2 is 1.81 bits per heavy atom. The van der Waals surface area contributed by atoms with E-state index >= 15 is 0 Å². The number of amides is 1. The van der Waals surface area contributed by atoms with Gasteiger partial charge in [0.05, 0.1) is 27.4 Å². The third kappa shape index (κ3) is 3.69. The zero-order valence-corrected chi connectivity index (χ0v) is 18.3. The Bertz CT molecular complexity index is 944. The Morgan fingerprint density at radius 1 is 1.10 bits per heavy atom. The zero-order valence-electron chi connectivity index (χ0n) is 17.5. The van der Waals surface area contributed by atoms with Gasteiger partial charge in [0.1, 0.15) is 11.9 Å². The van der Waals surface area contributed by atoms with Crippen LogP contribution in [0.2, 0.25) is 0 Å². The van der Waals surface area contributed by atoms with Crippen LogP contribution in [-0.2, 0) is 23.8 Å². The van der Waals surface area contributed by atoms with E-state index in [-0.39, 0.29) is 30.4 Å². The molecule has 0 radical (unpaired) electrons. The molecule has 166 valence electrons. The fraction of sp³-hybridized carbons (Fsp3) is 0.455. The summed E-state index contributed by atoms with van der Waals surface area (Å²) in [5.74, 6) is 1.02. The van der Waals surface area contributed by atoms with Gasteiger partial charge in [0.25, 0.3) is 0 Å². The number of ether oxygens (including phenoxy) is 5. The summed E-state index contributed by atoms with van der Waals surface area (Å²) in [6.07, 6.45) is 4.27. The van der Waals surface area contributed by atoms with Crippen molar-refractivity contribution >= 4 is 23.5 Å². The number of fused-ring (bicyclic) bond motifs is 2. The van der Waals surface area contributed by atoms with E-state index in [2.05, 4.69) is 0 Å². The van der Waals surface area contributed by atoms with Gasteiger partial charge in [-0.2, -0.15) is 0 Å². The maximum absolute atomic E-state index is 13.0. The standard InChI is InChI=1S/C22H24ClNO7/c1-27-17-8-13-6-15(22(26)29-3)24(20(25)10-23)21(14(13)9-18(17)28-2)12-4-5-16-19(7-12)31-11-30-16/h4-5,7-9,13-15,21H,6,10-11H2,1-3H3. The highest BCUT2D eigenvalue weighted by atomic mass is 35.5. The largest absolute Gasteiger partial charge is 0.493 e. The number of benzene rings is 1. The van der Waals surface area contributed by atoms with Crippen molar-refractivity contribution in [2.45, 2.75) is 18.5 Å². The molecular formula is C22H24ClNO7. The number of hydrogen-bond acceptors (Lipinski definition) is 7. The lowest BCUT2D eigenvalue weighted by Crippen LogP contribution is -2.55. The van der Waals surface area contributed by atoms with Gasteiger partial charge >= 0.3 is 5.97 Å². The van der Waals surface area contributed by atoms with E-state index in [0.717, 1.165) is 5.56 Å². The second-order valence-electron chi connectivity index (χ2n) is 7.48. The average Bonchev–Trinajstić information content (AvgIpc) is 3.28. The first kappa shape index (κ1) is 21.4. The Labute approximate surface area is 185 Å². The Hall–Kier alpha value is -2.87. The van der Waals surface area contributed by atoms with Crippen molar-refractivity contribution in [2.24, 2.45) is 11.8 Å². The normalized spacial score (nSPS) is 26.4. The molecule has 0 saturated carbocycles. The molecule has 1 aliphatic carbocycles. The summed E-state index contributed by atoms with van der Waals surface area (Å²) in [6.45, 7) is 0.137. The number of halogens is 1. The number of likely N-dealkylation sites (tertiary alicyclic amines) is 1. The molecule has 31 heavy (non-hydrogen) atoms. The van der Waals surface area contributed by atoms with Gasteiger partial charge < -0.3 is 28.6 Å². The number of allylic oxidation sites excluding steroid dienone is 1. The van der Waals surface area contributed by atoms with Gasteiger partial charge in [-0.05, 0) is 42.2 Å². The SMILES string of the molecule is COC(=O)C1CC2C=C(OC)C(OC)=CC2C(c2ccc3c(c2)OCO3)N1C(=O)CCl. The molecule has 0 aromatic heterocycles. The summed E-state index contributed by atoms with van der Waals surface area (Å²) in [5.41, 5.74) is 0.798. The first-order chi connectivity index (χ1) is 15.0. The van der Waals surface area contributed by atoms with Crippen LogP contribution in [0.4, 0.5) is 0 Å². The maximum Gasteiger partial charge on any atom is 0.328 e. The van der Waals surface area contributed by atoms with E-state index < -0.39 is 18.1 Å². The highest BCUT2D eigenvalue weighted by Gasteiger charge is 2.49. The van der Waals surface area contributed by atoms with Crippen LogP contribution in [0.25, 0.3) is 0 Å². The monoisotopic (exact) mass is 449 g/mol. The smallest absolute Gasteiger partial charge is 0.328 e. The van der Waals surface area contributed by atoms with Crippen molar-refractivity contribution in [3.05, 3.63) is 47.4 Å². The number of piperidine rings is 1. The number of carbonyl (C=O) groups excluding carboxylic acids is 2. The Kier molecular flexibility index (Phi) is 6.00. The summed E-state index contributed by atoms with van der Waals surface area (Å²) in [6, 6.07) is 4.23. The van der Waals surface area contributed by atoms with Crippen LogP contribution in [0, 0.1) is 11.8 Å². The lowest BCUT2D eigenvalue weighted by Gasteiger charge is -2.48. The minimum atomic E-state index is -0.792. The lowest BCUT2D eigenvalue weighted by molar-refractivity contribution is -0.159. The molecular weight excluding hydrogens is 426 g/mol. The number of nitrogens with zero attached hydrogens (tertiary/aromatic N) is 1. The van der Waals surface area contributed by atoms with E-state index in [1.807, 2.05) is 24.3 Å². The summed E-state index contributed by atoms with van der Waals surface area (Å²) >= 11 is 5.96. The third-order valence-electron chi connectivity index (χ3n) is 6.00. The van der Waals surface area contributed by atoms with Gasteiger partial charge in [-0.15, -0.1) is 11.6 Å². The molecule has 1 aromatic rings. The van der Waals surface area contributed by atoms with E-state index in [1.165, 1.54) is 12.0 Å². The third-order valence-corrected chi connectivity index (χ3v) is 6.22. The molecule has 1 fully saturated rings. The van der Waals surface area contributed by atoms with Crippen LogP contribution < -0.4 is 9.47 Å². The molecule has 2 heterocycles. The first-order valence-corrected chi connectivity index (χ1v) is 10.4. The number of carbonyl (C=O) groups is 2. The molecule has 1 aromatic carbocycles. The second-order valence-corrected chi connectivity index (χ2v) is 7.75. The molecule has 8 nitrogen and oxygen atoms in total. The molecule has 1 saturated heterocycles. The van der Waals surface area contributed by atoms with Gasteiger partial charge in [0, 0.05) is 5.92 Å². The summed E-state index contributed by atoms with van der Waals surface area (Å²) in [5, 5.41) is 0. The minimum absolute atomic E-state index is 0.0900. The van der Waals surface area contributed by atoms with Crippen LogP contribution in [0.5, 0.6) is 11.5 Å². The Morgan fingerprint density at radius 3 is 2.48 bits per heavy atom. The van der Waals surface area contributed by atoms with E-state index in [9.17, 15) is 9.59 Å². The highest BCUT2D eigenvalue weighted by Crippen LogP contribution is 2.49. The molecule has 0 bridgehead atoms. The number of alkyl halides is 1. The molecule has 2 aliphatic heterocycles. The Balaban J connectivity index is 1.86. The summed E-state index contributed by atoms with van der Waals surface area (Å²) in [7, 11) is 4.45. The van der Waals surface area contributed by atoms with E-state index in [1.54, 1.807) is 20.3 Å². The van der Waals surface area contributed by atoms with Gasteiger partial charge in [-0.3, -0.25) is 4.79 Å². The van der Waals surface area contributed by atoms with Crippen LogP contribution in [-0.4, -0.2) is 56.8 Å². The molecule has 4 atom stereocenters. The molecule has 0 spiro atoms. The van der Waals surface area contributed by atoms with Crippen molar-refractivity contribution in [3.63, 3.8) is 0 Å². The molecule has 4 unspecified atom stereocenters. The molecule has 4 rings (SSSR count). The fourth-order valence-corrected chi connectivity index (χ4v) is 4.77. The van der Waals surface area contributed by atoms with Crippen LogP contribution in [0.3, 0.4) is 0 Å². The molecule has 9 heteroatoms. The van der Waals surface area contributed by atoms with Crippen molar-refractivity contribution in [3.8, 4) is 11.5 Å². The van der Waals surface area contributed by atoms with Gasteiger partial charge in [0.15, 0.2) is 23.0 Å². The van der Waals surface area contributed by atoms with Crippen molar-refractivity contribution in [1.29, 1.82) is 0 Å². The predicted molar refractivity (Wildman–Crippen MR) is 110 cm³/mol. The van der Waals surface area contributed by atoms with Crippen molar-refractivity contribution in [1.82, 2.24) is 4.90 Å². The average molecular weight is 450 g/mol. The molecule has 0 N–H and O–H groups in total. The molecule has 1 amide bonds. The van der Waals surface area contributed by atoms with E-state index in [0.29, 0.717) is 29.4 Å². The van der Waals surface area contributed by atoms with E-state index in [4.69, 9.17) is 35.3 Å². The lowest BCUT2D eigenvalue weighted by atomic mass is 9.71. The van der Waals surface area contributed by atoms with Crippen LogP contribution in [0.1, 0.15) is 18.0 Å². The number of methoxy groups -OCH3 is 3. The summed E-state index contributed by atoms with van der Waals surface area (Å²) in [4.78, 5) is 27.2. The van der Waals surface area contributed by atoms with Gasteiger partial charge in [-0.25, -0.2) is 4.79 Å². The second kappa shape index (κ2) is 8.70. The quantitative estimate of drug-likeness (QED) is 0.505. The predicted octanol–water partition coefficient (Wildman–Crippen LogP) is 2.78. The minimum Gasteiger partial charge on any atom is -0.493 e. The zero-order chi connectivity index (χ0) is 22.1. The van der Waals surface area contributed by atoms with Crippen LogP contribution in [0.15, 0.2) is 41.9 Å². The fourth-order valence-electron chi connectivity index (χ4n) is 4.63. The molecule has 3 aliphatic rings. The van der Waals surface area contributed by atoms with Crippen molar-refractivity contribution < 1.29 is 33.3 Å². The highest BCUT2D eigenvalue weighted by molar-refractivity contribution is 6.27. The number of hydrogen-bond donors (Lipinski definition) is 0. The topological polar surface area (TPSA) is 83.5 Å².